The highest BCUT2D eigenvalue weighted by Crippen LogP contribution is 2.10. The Balaban J connectivity index is 0. The molecule has 0 saturated heterocycles. The monoisotopic (exact) mass is 342 g/mol. The summed E-state index contributed by atoms with van der Waals surface area (Å²) >= 11 is 0. The lowest BCUT2D eigenvalue weighted by Gasteiger charge is -2.00. The van der Waals surface area contributed by atoms with Crippen LogP contribution in [0, 0.1) is 0 Å². The van der Waals surface area contributed by atoms with E-state index in [4.69, 9.17) is 11.5 Å². The van der Waals surface area contributed by atoms with Crippen LogP contribution in [0.5, 0.6) is 0 Å². The molecule has 0 rings (SSSR count). The molecule has 0 aromatic heterocycles. The Bertz CT molecular complexity index is 165. The van der Waals surface area contributed by atoms with Crippen molar-refractivity contribution in [1.29, 1.82) is 0 Å². The third-order valence-corrected chi connectivity index (χ3v) is 4.62. The van der Waals surface area contributed by atoms with E-state index < -0.39 is 0 Å². The van der Waals surface area contributed by atoms with Crippen molar-refractivity contribution in [2.45, 2.75) is 129 Å². The molecule has 0 aromatic rings. The molecule has 0 fully saturated rings. The first-order valence-electron chi connectivity index (χ1n) is 11.2. The summed E-state index contributed by atoms with van der Waals surface area (Å²) in [5.74, 6) is 0. The van der Waals surface area contributed by atoms with Crippen LogP contribution < -0.4 is 11.5 Å². The first-order valence-corrected chi connectivity index (χ1v) is 11.2. The van der Waals surface area contributed by atoms with Crippen LogP contribution in [0.3, 0.4) is 0 Å². The van der Waals surface area contributed by atoms with Gasteiger partial charge in [0.15, 0.2) is 0 Å². The molecule has 0 aliphatic heterocycles. The molecule has 0 spiro atoms. The molecule has 0 unspecified atom stereocenters. The maximum absolute atomic E-state index is 5.42. The molecule has 0 atom stereocenters. The Hall–Kier alpha value is -0.0800. The molecule has 4 N–H and O–H groups in total. The third-order valence-electron chi connectivity index (χ3n) is 4.62. The lowest BCUT2D eigenvalue weighted by molar-refractivity contribution is 0.558. The highest BCUT2D eigenvalue weighted by molar-refractivity contribution is 4.47. The Morgan fingerprint density at radius 2 is 0.542 bits per heavy atom. The summed E-state index contributed by atoms with van der Waals surface area (Å²) in [6.07, 6.45) is 24.9. The van der Waals surface area contributed by atoms with Crippen molar-refractivity contribution in [3.05, 3.63) is 0 Å². The van der Waals surface area contributed by atoms with Gasteiger partial charge in [-0.15, -0.1) is 0 Å². The minimum Gasteiger partial charge on any atom is -0.330 e. The molecule has 24 heavy (non-hydrogen) atoms. The van der Waals surface area contributed by atoms with Gasteiger partial charge in [-0.1, -0.05) is 117 Å². The van der Waals surface area contributed by atoms with Crippen LogP contribution in [0.15, 0.2) is 0 Å². The van der Waals surface area contributed by atoms with Crippen molar-refractivity contribution < 1.29 is 0 Å². The summed E-state index contributed by atoms with van der Waals surface area (Å²) in [4.78, 5) is 0. The van der Waals surface area contributed by atoms with E-state index in [1.807, 2.05) is 0 Å². The molecular weight excluding hydrogens is 292 g/mol. The van der Waals surface area contributed by atoms with Crippen molar-refractivity contribution in [1.82, 2.24) is 0 Å². The summed E-state index contributed by atoms with van der Waals surface area (Å²) < 4.78 is 0. The predicted octanol–water partition coefficient (Wildman–Crippen LogP) is 6.95. The van der Waals surface area contributed by atoms with Gasteiger partial charge in [-0.05, 0) is 25.9 Å². The minimum atomic E-state index is 0.870. The summed E-state index contributed by atoms with van der Waals surface area (Å²) in [6, 6.07) is 0. The fourth-order valence-electron chi connectivity index (χ4n) is 2.91. The Morgan fingerprint density at radius 1 is 0.333 bits per heavy atom. The zero-order chi connectivity index (χ0) is 18.1. The fourth-order valence-corrected chi connectivity index (χ4v) is 2.91. The van der Waals surface area contributed by atoms with Crippen LogP contribution >= 0.6 is 0 Å². The number of rotatable bonds is 18. The number of hydrogen-bond acceptors (Lipinski definition) is 2. The van der Waals surface area contributed by atoms with Gasteiger partial charge >= 0.3 is 0 Å². The van der Waals surface area contributed by atoms with Crippen molar-refractivity contribution >= 4 is 0 Å². The second kappa shape index (κ2) is 27.8. The second-order valence-corrected chi connectivity index (χ2v) is 7.23. The van der Waals surface area contributed by atoms with Gasteiger partial charge in [0.05, 0.1) is 0 Å². The lowest BCUT2D eigenvalue weighted by Crippen LogP contribution is -1.97. The molecule has 0 radical (unpaired) electrons. The molecule has 148 valence electrons. The van der Waals surface area contributed by atoms with E-state index in [2.05, 4.69) is 13.8 Å². The first-order chi connectivity index (χ1) is 11.8. The highest BCUT2D eigenvalue weighted by atomic mass is 14.5. The number of nitrogens with two attached hydrogens (primary N) is 2. The summed E-state index contributed by atoms with van der Waals surface area (Å²) in [5, 5.41) is 0. The standard InChI is InChI=1S/C12H27N.C10H23N/c1-2-3-4-5-6-7-8-9-10-11-12-13;1-2-3-4-5-6-7-8-9-10-11/h2-13H2,1H3;2-11H2,1H3. The van der Waals surface area contributed by atoms with Crippen LogP contribution in [-0.2, 0) is 0 Å². The van der Waals surface area contributed by atoms with Gasteiger partial charge in [-0.25, -0.2) is 0 Å². The van der Waals surface area contributed by atoms with Gasteiger partial charge in [0.25, 0.3) is 0 Å². The van der Waals surface area contributed by atoms with Crippen molar-refractivity contribution in [2.24, 2.45) is 11.5 Å². The molecule has 0 aliphatic rings. The molecular formula is C22H50N2. The summed E-state index contributed by atoms with van der Waals surface area (Å²) in [5.41, 5.74) is 10.8. The SMILES string of the molecule is CCCCCCCCCCCCN.CCCCCCCCCCN. The average molecular weight is 343 g/mol. The summed E-state index contributed by atoms with van der Waals surface area (Å²) in [7, 11) is 0. The van der Waals surface area contributed by atoms with Crippen LogP contribution in [0.4, 0.5) is 0 Å². The minimum absolute atomic E-state index is 0.870. The van der Waals surface area contributed by atoms with Crippen molar-refractivity contribution in [2.75, 3.05) is 13.1 Å². The zero-order valence-corrected chi connectivity index (χ0v) is 17.3. The average Bonchev–Trinajstić information content (AvgIpc) is 2.60. The Morgan fingerprint density at radius 3 is 0.750 bits per heavy atom. The Kier molecular flexibility index (Phi) is 30.2. The van der Waals surface area contributed by atoms with E-state index in [1.54, 1.807) is 0 Å². The Labute approximate surface area is 154 Å². The lowest BCUT2D eigenvalue weighted by atomic mass is 10.1. The van der Waals surface area contributed by atoms with Gasteiger partial charge in [0.2, 0.25) is 0 Å². The molecule has 2 heteroatoms. The molecule has 0 bridgehead atoms. The maximum Gasteiger partial charge on any atom is -0.00773 e. The number of unbranched alkanes of at least 4 members (excludes halogenated alkanes) is 16. The third kappa shape index (κ3) is 29.9. The van der Waals surface area contributed by atoms with Crippen LogP contribution in [0.2, 0.25) is 0 Å². The van der Waals surface area contributed by atoms with Gasteiger partial charge in [-0.2, -0.15) is 0 Å². The van der Waals surface area contributed by atoms with Gasteiger partial charge in [0.1, 0.15) is 0 Å². The van der Waals surface area contributed by atoms with Crippen molar-refractivity contribution in [3.63, 3.8) is 0 Å². The van der Waals surface area contributed by atoms with Crippen LogP contribution in [0.1, 0.15) is 129 Å². The van der Waals surface area contributed by atoms with Crippen LogP contribution in [-0.4, -0.2) is 13.1 Å². The molecule has 0 saturated carbocycles. The maximum atomic E-state index is 5.42. The summed E-state index contributed by atoms with van der Waals surface area (Å²) in [6.45, 7) is 6.27. The topological polar surface area (TPSA) is 52.0 Å². The molecule has 0 aliphatic carbocycles. The van der Waals surface area contributed by atoms with E-state index in [-0.39, 0.29) is 0 Å². The molecule has 0 heterocycles. The zero-order valence-electron chi connectivity index (χ0n) is 17.3. The highest BCUT2D eigenvalue weighted by Gasteiger charge is 1.91. The van der Waals surface area contributed by atoms with Gasteiger partial charge in [0, 0.05) is 0 Å². The smallest absolute Gasteiger partial charge is 0.00773 e. The fraction of sp³-hybridized carbons (Fsp3) is 1.00. The molecule has 0 amide bonds. The quantitative estimate of drug-likeness (QED) is 0.265. The largest absolute Gasteiger partial charge is 0.330 e. The van der Waals surface area contributed by atoms with E-state index in [0.29, 0.717) is 0 Å². The normalized spacial score (nSPS) is 10.5. The first kappa shape index (κ1) is 26.2. The molecule has 0 aromatic carbocycles. The van der Waals surface area contributed by atoms with Crippen LogP contribution in [0.25, 0.3) is 0 Å². The van der Waals surface area contributed by atoms with E-state index >= 15 is 0 Å². The van der Waals surface area contributed by atoms with E-state index in [1.165, 1.54) is 116 Å². The van der Waals surface area contributed by atoms with E-state index in [0.717, 1.165) is 13.1 Å². The van der Waals surface area contributed by atoms with Crippen molar-refractivity contribution in [3.8, 4) is 0 Å². The van der Waals surface area contributed by atoms with E-state index in [9.17, 15) is 0 Å². The number of hydrogen-bond donors (Lipinski definition) is 2. The predicted molar refractivity (Wildman–Crippen MR) is 113 cm³/mol. The molecule has 2 nitrogen and oxygen atoms in total. The second-order valence-electron chi connectivity index (χ2n) is 7.23. The van der Waals surface area contributed by atoms with Gasteiger partial charge in [-0.3, -0.25) is 0 Å². The van der Waals surface area contributed by atoms with Gasteiger partial charge < -0.3 is 11.5 Å².